The number of alkyl halides is 3. The molecule has 3 unspecified atom stereocenters. The van der Waals surface area contributed by atoms with Gasteiger partial charge in [0, 0.05) is 6.04 Å². The molecule has 2 aliphatic rings. The first kappa shape index (κ1) is 17.7. The van der Waals surface area contributed by atoms with Crippen LogP contribution < -0.4 is 4.72 Å². The van der Waals surface area contributed by atoms with E-state index in [1.165, 1.54) is 0 Å². The lowest BCUT2D eigenvalue weighted by molar-refractivity contribution is -0.156. The molecule has 24 heavy (non-hydrogen) atoms. The molecule has 1 aromatic carbocycles. The molecule has 1 saturated heterocycles. The number of ether oxygens (including phenoxy) is 2. The van der Waals surface area contributed by atoms with Crippen molar-refractivity contribution in [3.63, 3.8) is 0 Å². The first-order chi connectivity index (χ1) is 11.3. The number of sulfonamides is 1. The number of hydrogen-bond donors (Lipinski definition) is 1. The quantitative estimate of drug-likeness (QED) is 0.893. The van der Waals surface area contributed by atoms with Crippen molar-refractivity contribution in [3.8, 4) is 0 Å². The van der Waals surface area contributed by atoms with Gasteiger partial charge in [-0.15, -0.1) is 0 Å². The van der Waals surface area contributed by atoms with Gasteiger partial charge in [0.15, 0.2) is 0 Å². The lowest BCUT2D eigenvalue weighted by Crippen LogP contribution is -2.49. The average Bonchev–Trinajstić information content (AvgIpc) is 2.54. The Kier molecular flexibility index (Phi) is 4.87. The van der Waals surface area contributed by atoms with Crippen LogP contribution in [0.3, 0.4) is 0 Å². The lowest BCUT2D eigenvalue weighted by Gasteiger charge is -2.38. The van der Waals surface area contributed by atoms with Gasteiger partial charge in [-0.05, 0) is 43.5 Å². The van der Waals surface area contributed by atoms with Crippen LogP contribution in [0.5, 0.6) is 0 Å². The van der Waals surface area contributed by atoms with Gasteiger partial charge >= 0.3 is 6.18 Å². The van der Waals surface area contributed by atoms with Gasteiger partial charge < -0.3 is 9.47 Å². The number of nitrogens with one attached hydrogen (secondary N) is 1. The van der Waals surface area contributed by atoms with Crippen molar-refractivity contribution in [1.82, 2.24) is 4.72 Å². The summed E-state index contributed by atoms with van der Waals surface area (Å²) in [4.78, 5) is -0.182. The van der Waals surface area contributed by atoms with Crippen molar-refractivity contribution in [2.24, 2.45) is 0 Å². The Morgan fingerprint density at radius 1 is 1.00 bits per heavy atom. The molecule has 1 N–H and O–H groups in total. The fourth-order valence-electron chi connectivity index (χ4n) is 3.08. The molecule has 1 saturated carbocycles. The van der Waals surface area contributed by atoms with Crippen molar-refractivity contribution in [1.29, 1.82) is 0 Å². The molecule has 1 aliphatic heterocycles. The van der Waals surface area contributed by atoms with E-state index < -0.39 is 21.8 Å². The molecule has 1 aromatic rings. The maximum Gasteiger partial charge on any atom is 0.416 e. The first-order valence-corrected chi connectivity index (χ1v) is 9.17. The molecule has 0 bridgehead atoms. The van der Waals surface area contributed by atoms with Crippen LogP contribution in [0.25, 0.3) is 0 Å². The van der Waals surface area contributed by atoms with Gasteiger partial charge in [0.05, 0.1) is 35.9 Å². The summed E-state index contributed by atoms with van der Waals surface area (Å²) in [6.07, 6.45) is -2.87. The van der Waals surface area contributed by atoms with E-state index in [0.717, 1.165) is 24.3 Å². The van der Waals surface area contributed by atoms with Gasteiger partial charge in [0.25, 0.3) is 0 Å². The summed E-state index contributed by atoms with van der Waals surface area (Å²) >= 11 is 0. The second-order valence-electron chi connectivity index (χ2n) is 5.97. The third-order valence-corrected chi connectivity index (χ3v) is 5.83. The second-order valence-corrected chi connectivity index (χ2v) is 7.69. The van der Waals surface area contributed by atoms with Crippen LogP contribution in [0.2, 0.25) is 0 Å². The highest BCUT2D eigenvalue weighted by Gasteiger charge is 2.36. The van der Waals surface area contributed by atoms with Gasteiger partial charge in [-0.25, -0.2) is 13.1 Å². The Labute approximate surface area is 138 Å². The average molecular weight is 365 g/mol. The largest absolute Gasteiger partial charge is 0.416 e. The predicted octanol–water partition coefficient (Wildman–Crippen LogP) is 2.32. The normalized spacial score (nSPS) is 28.4. The summed E-state index contributed by atoms with van der Waals surface area (Å²) in [6, 6.07) is 3.15. The summed E-state index contributed by atoms with van der Waals surface area (Å²) in [5.41, 5.74) is -0.880. The molecular formula is C15H18F3NO4S. The Hall–Kier alpha value is -1.16. The third kappa shape index (κ3) is 3.90. The molecule has 0 aromatic heterocycles. The maximum absolute atomic E-state index is 12.6. The maximum atomic E-state index is 12.6. The van der Waals surface area contributed by atoms with Gasteiger partial charge in [-0.2, -0.15) is 13.2 Å². The van der Waals surface area contributed by atoms with E-state index in [2.05, 4.69) is 4.72 Å². The Bertz CT molecular complexity index is 675. The Balaban J connectivity index is 1.67. The van der Waals surface area contributed by atoms with Gasteiger partial charge in [-0.3, -0.25) is 0 Å². The van der Waals surface area contributed by atoms with Crippen molar-refractivity contribution >= 4 is 10.0 Å². The van der Waals surface area contributed by atoms with E-state index in [9.17, 15) is 21.6 Å². The van der Waals surface area contributed by atoms with Crippen LogP contribution in [-0.4, -0.2) is 39.9 Å². The van der Waals surface area contributed by atoms with Crippen LogP contribution in [0, 0.1) is 0 Å². The van der Waals surface area contributed by atoms with E-state index >= 15 is 0 Å². The molecule has 9 heteroatoms. The van der Waals surface area contributed by atoms with E-state index in [1.807, 2.05) is 0 Å². The number of rotatable bonds is 3. The van der Waals surface area contributed by atoms with Crippen LogP contribution >= 0.6 is 0 Å². The summed E-state index contributed by atoms with van der Waals surface area (Å²) in [6.45, 7) is 1.03. The van der Waals surface area contributed by atoms with Crippen molar-refractivity contribution in [3.05, 3.63) is 29.8 Å². The van der Waals surface area contributed by atoms with Crippen molar-refractivity contribution in [2.75, 3.05) is 13.2 Å². The number of fused-ring (bicyclic) bond motifs is 1. The minimum Gasteiger partial charge on any atom is -0.373 e. The van der Waals surface area contributed by atoms with E-state index in [1.54, 1.807) is 0 Å². The summed E-state index contributed by atoms with van der Waals surface area (Å²) in [7, 11) is -3.87. The Morgan fingerprint density at radius 2 is 1.62 bits per heavy atom. The third-order valence-electron chi connectivity index (χ3n) is 4.29. The van der Waals surface area contributed by atoms with Gasteiger partial charge in [0.1, 0.15) is 0 Å². The summed E-state index contributed by atoms with van der Waals surface area (Å²) in [5, 5.41) is 0. The highest BCUT2D eigenvalue weighted by Crippen LogP contribution is 2.30. The monoisotopic (exact) mass is 365 g/mol. The van der Waals surface area contributed by atoms with Crippen LogP contribution in [0.1, 0.15) is 24.8 Å². The number of benzene rings is 1. The molecule has 2 fully saturated rings. The number of halogens is 3. The van der Waals surface area contributed by atoms with Crippen LogP contribution in [-0.2, 0) is 25.7 Å². The van der Waals surface area contributed by atoms with Gasteiger partial charge in [0.2, 0.25) is 10.0 Å². The summed E-state index contributed by atoms with van der Waals surface area (Å²) < 4.78 is 76.1. The molecule has 0 spiro atoms. The van der Waals surface area contributed by atoms with Crippen LogP contribution in [0.4, 0.5) is 13.2 Å². The molecule has 0 amide bonds. The molecule has 134 valence electrons. The SMILES string of the molecule is O=S(=O)(NC1CCC2OCCOC2C1)c1ccc(C(F)(F)F)cc1. The zero-order valence-corrected chi connectivity index (χ0v) is 13.6. The minimum atomic E-state index is -4.49. The fraction of sp³-hybridized carbons (Fsp3) is 0.600. The highest BCUT2D eigenvalue weighted by molar-refractivity contribution is 7.89. The molecule has 3 rings (SSSR count). The molecule has 3 atom stereocenters. The zero-order valence-electron chi connectivity index (χ0n) is 12.8. The smallest absolute Gasteiger partial charge is 0.373 e. The highest BCUT2D eigenvalue weighted by atomic mass is 32.2. The molecular weight excluding hydrogens is 347 g/mol. The number of hydrogen-bond acceptors (Lipinski definition) is 4. The molecule has 1 heterocycles. The summed E-state index contributed by atoms with van der Waals surface area (Å²) in [5.74, 6) is 0. The van der Waals surface area contributed by atoms with Gasteiger partial charge in [-0.1, -0.05) is 0 Å². The first-order valence-electron chi connectivity index (χ1n) is 7.68. The topological polar surface area (TPSA) is 64.6 Å². The molecule has 1 aliphatic carbocycles. The standard InChI is InChI=1S/C15H18F3NO4S/c16-15(17,18)10-1-4-12(5-2-10)24(20,21)19-11-3-6-13-14(9-11)23-8-7-22-13/h1-2,4-5,11,13-14,19H,3,6-9H2. The Morgan fingerprint density at radius 3 is 2.25 bits per heavy atom. The minimum absolute atomic E-state index is 0.00873. The fourth-order valence-corrected chi connectivity index (χ4v) is 4.37. The van der Waals surface area contributed by atoms with Crippen molar-refractivity contribution < 1.29 is 31.1 Å². The predicted molar refractivity (Wildman–Crippen MR) is 78.9 cm³/mol. The van der Waals surface area contributed by atoms with E-state index in [-0.39, 0.29) is 23.1 Å². The van der Waals surface area contributed by atoms with E-state index in [0.29, 0.717) is 32.5 Å². The lowest BCUT2D eigenvalue weighted by atomic mass is 9.90. The molecule has 0 radical (unpaired) electrons. The van der Waals surface area contributed by atoms with Crippen molar-refractivity contribution in [2.45, 2.75) is 48.6 Å². The molecule has 5 nitrogen and oxygen atoms in total. The van der Waals surface area contributed by atoms with E-state index in [4.69, 9.17) is 9.47 Å². The second kappa shape index (κ2) is 6.62. The van der Waals surface area contributed by atoms with Crippen LogP contribution in [0.15, 0.2) is 29.2 Å². The zero-order chi connectivity index (χ0) is 17.4.